The molecule has 0 radical (unpaired) electrons. The van der Waals surface area contributed by atoms with Crippen LogP contribution in [0.25, 0.3) is 11.0 Å². The van der Waals surface area contributed by atoms with Gasteiger partial charge < -0.3 is 0 Å². The van der Waals surface area contributed by atoms with Crippen LogP contribution in [0.1, 0.15) is 16.7 Å². The van der Waals surface area contributed by atoms with E-state index in [1.807, 2.05) is 31.2 Å². The maximum Gasteiger partial charge on any atom is 0.332 e. The Morgan fingerprint density at radius 3 is 2.14 bits per heavy atom. The van der Waals surface area contributed by atoms with Crippen molar-refractivity contribution < 1.29 is 4.39 Å². The van der Waals surface area contributed by atoms with Gasteiger partial charge in [-0.15, -0.1) is 0 Å². The molecule has 140 valence electrons. The van der Waals surface area contributed by atoms with Crippen molar-refractivity contribution >= 4 is 11.0 Å². The van der Waals surface area contributed by atoms with Gasteiger partial charge in [0, 0.05) is 6.20 Å². The second-order valence-corrected chi connectivity index (χ2v) is 6.74. The third kappa shape index (κ3) is 3.36. The first-order valence-electron chi connectivity index (χ1n) is 8.91. The van der Waals surface area contributed by atoms with E-state index in [1.165, 1.54) is 18.3 Å². The average molecular weight is 375 g/mol. The lowest BCUT2D eigenvalue weighted by atomic mass is 10.1. The fourth-order valence-electron chi connectivity index (χ4n) is 3.18. The Balaban J connectivity index is 1.88. The highest BCUT2D eigenvalue weighted by Crippen LogP contribution is 2.10. The van der Waals surface area contributed by atoms with Crippen LogP contribution in [0.5, 0.6) is 0 Å². The van der Waals surface area contributed by atoms with Gasteiger partial charge in [-0.05, 0) is 42.3 Å². The van der Waals surface area contributed by atoms with Crippen molar-refractivity contribution in [3.63, 3.8) is 0 Å². The normalized spacial score (nSPS) is 11.1. The smallest absolute Gasteiger partial charge is 0.287 e. The van der Waals surface area contributed by atoms with E-state index in [2.05, 4.69) is 4.98 Å². The summed E-state index contributed by atoms with van der Waals surface area (Å²) in [5, 5.41) is 0. The number of nitrogens with zero attached hydrogens (tertiary/aromatic N) is 3. The second kappa shape index (κ2) is 7.23. The first kappa shape index (κ1) is 17.9. The molecule has 0 unspecified atom stereocenters. The summed E-state index contributed by atoms with van der Waals surface area (Å²) in [4.78, 5) is 30.3. The molecule has 0 aliphatic rings. The van der Waals surface area contributed by atoms with Crippen LogP contribution in [0.3, 0.4) is 0 Å². The summed E-state index contributed by atoms with van der Waals surface area (Å²) in [6.45, 7) is 2.38. The molecule has 2 heterocycles. The highest BCUT2D eigenvalue weighted by atomic mass is 19.1. The zero-order chi connectivity index (χ0) is 19.7. The Kier molecular flexibility index (Phi) is 4.61. The molecule has 2 aromatic heterocycles. The van der Waals surface area contributed by atoms with Crippen molar-refractivity contribution in [3.8, 4) is 0 Å². The first-order valence-corrected chi connectivity index (χ1v) is 8.91. The van der Waals surface area contributed by atoms with Gasteiger partial charge >= 0.3 is 5.69 Å². The SMILES string of the molecule is Cc1ccc(Cn2c(=O)n(Cc3ccc(F)cc3)c(=O)c3ncccc32)cc1. The molecule has 5 nitrogen and oxygen atoms in total. The molecule has 0 atom stereocenters. The molecular weight excluding hydrogens is 357 g/mol. The number of hydrogen-bond acceptors (Lipinski definition) is 3. The fourth-order valence-corrected chi connectivity index (χ4v) is 3.18. The molecule has 0 saturated heterocycles. The average Bonchev–Trinajstić information content (AvgIpc) is 2.71. The van der Waals surface area contributed by atoms with Crippen LogP contribution in [-0.4, -0.2) is 14.1 Å². The molecule has 4 aromatic rings. The van der Waals surface area contributed by atoms with Crippen LogP contribution in [0, 0.1) is 12.7 Å². The minimum absolute atomic E-state index is 0.0539. The van der Waals surface area contributed by atoms with Gasteiger partial charge in [-0.3, -0.25) is 13.9 Å². The molecule has 0 bridgehead atoms. The number of aromatic nitrogens is 3. The van der Waals surface area contributed by atoms with E-state index in [0.717, 1.165) is 15.7 Å². The molecule has 0 N–H and O–H groups in total. The zero-order valence-corrected chi connectivity index (χ0v) is 15.3. The molecule has 0 fully saturated rings. The lowest BCUT2D eigenvalue weighted by Gasteiger charge is -2.14. The van der Waals surface area contributed by atoms with Crippen LogP contribution >= 0.6 is 0 Å². The molecule has 2 aromatic carbocycles. The van der Waals surface area contributed by atoms with Gasteiger partial charge in [0.15, 0.2) is 5.52 Å². The number of halogens is 1. The number of rotatable bonds is 4. The standard InChI is InChI=1S/C22H18FN3O2/c1-15-4-6-16(7-5-15)13-25-19-3-2-12-24-20(19)21(27)26(22(25)28)14-17-8-10-18(23)11-9-17/h2-12H,13-14H2,1H3. The van der Waals surface area contributed by atoms with Crippen LogP contribution in [-0.2, 0) is 13.1 Å². The number of hydrogen-bond donors (Lipinski definition) is 0. The summed E-state index contributed by atoms with van der Waals surface area (Å²) in [6.07, 6.45) is 1.53. The number of pyridine rings is 1. The Morgan fingerprint density at radius 2 is 1.46 bits per heavy atom. The quantitative estimate of drug-likeness (QED) is 0.551. The van der Waals surface area contributed by atoms with Crippen LogP contribution < -0.4 is 11.2 Å². The lowest BCUT2D eigenvalue weighted by Crippen LogP contribution is -2.40. The van der Waals surface area contributed by atoms with Crippen LogP contribution in [0.15, 0.2) is 76.4 Å². The molecule has 0 aliphatic heterocycles. The highest BCUT2D eigenvalue weighted by Gasteiger charge is 2.14. The van der Waals surface area contributed by atoms with E-state index < -0.39 is 11.2 Å². The van der Waals surface area contributed by atoms with E-state index in [9.17, 15) is 14.0 Å². The zero-order valence-electron chi connectivity index (χ0n) is 15.3. The largest absolute Gasteiger partial charge is 0.332 e. The molecule has 0 aliphatic carbocycles. The van der Waals surface area contributed by atoms with Crippen molar-refractivity contribution in [2.45, 2.75) is 20.0 Å². The summed E-state index contributed by atoms with van der Waals surface area (Å²) in [6, 6.07) is 17.1. The van der Waals surface area contributed by atoms with Gasteiger partial charge in [0.05, 0.1) is 18.6 Å². The molecular formula is C22H18FN3O2. The van der Waals surface area contributed by atoms with Gasteiger partial charge in [0.2, 0.25) is 0 Å². The number of benzene rings is 2. The summed E-state index contributed by atoms with van der Waals surface area (Å²) in [5.74, 6) is -0.368. The number of fused-ring (bicyclic) bond motifs is 1. The van der Waals surface area contributed by atoms with Crippen molar-refractivity contribution in [3.05, 3.63) is 110 Å². The van der Waals surface area contributed by atoms with Crippen molar-refractivity contribution in [1.29, 1.82) is 0 Å². The highest BCUT2D eigenvalue weighted by molar-refractivity contribution is 5.73. The maximum atomic E-state index is 13.2. The topological polar surface area (TPSA) is 56.9 Å². The van der Waals surface area contributed by atoms with E-state index in [1.54, 1.807) is 28.8 Å². The Labute approximate surface area is 160 Å². The van der Waals surface area contributed by atoms with Gasteiger partial charge in [-0.25, -0.2) is 14.2 Å². The minimum atomic E-state index is -0.454. The fraction of sp³-hybridized carbons (Fsp3) is 0.136. The summed E-state index contributed by atoms with van der Waals surface area (Å²) in [7, 11) is 0. The first-order chi connectivity index (χ1) is 13.5. The molecule has 28 heavy (non-hydrogen) atoms. The molecule has 0 saturated carbocycles. The predicted molar refractivity (Wildman–Crippen MR) is 106 cm³/mol. The van der Waals surface area contributed by atoms with E-state index in [-0.39, 0.29) is 17.9 Å². The maximum absolute atomic E-state index is 13.2. The predicted octanol–water partition coefficient (Wildman–Crippen LogP) is 3.10. The van der Waals surface area contributed by atoms with E-state index in [0.29, 0.717) is 17.6 Å². The molecule has 0 amide bonds. The van der Waals surface area contributed by atoms with Crippen LogP contribution in [0.4, 0.5) is 4.39 Å². The van der Waals surface area contributed by atoms with Gasteiger partial charge in [-0.1, -0.05) is 42.0 Å². The van der Waals surface area contributed by atoms with Gasteiger partial charge in [0.25, 0.3) is 5.56 Å². The summed E-state index contributed by atoms with van der Waals surface area (Å²) >= 11 is 0. The van der Waals surface area contributed by atoms with Gasteiger partial charge in [0.1, 0.15) is 5.82 Å². The Morgan fingerprint density at radius 1 is 0.857 bits per heavy atom. The van der Waals surface area contributed by atoms with E-state index >= 15 is 0 Å². The molecule has 4 rings (SSSR count). The van der Waals surface area contributed by atoms with Crippen molar-refractivity contribution in [2.75, 3.05) is 0 Å². The summed E-state index contributed by atoms with van der Waals surface area (Å²) in [5.41, 5.74) is 2.59. The van der Waals surface area contributed by atoms with Crippen molar-refractivity contribution in [2.24, 2.45) is 0 Å². The molecule has 0 spiro atoms. The van der Waals surface area contributed by atoms with Crippen LogP contribution in [0.2, 0.25) is 0 Å². The monoisotopic (exact) mass is 375 g/mol. The van der Waals surface area contributed by atoms with E-state index in [4.69, 9.17) is 0 Å². The third-order valence-electron chi connectivity index (χ3n) is 4.70. The minimum Gasteiger partial charge on any atom is -0.287 e. The molecule has 6 heteroatoms. The van der Waals surface area contributed by atoms with Gasteiger partial charge in [-0.2, -0.15) is 0 Å². The Bertz CT molecular complexity index is 1260. The lowest BCUT2D eigenvalue weighted by molar-refractivity contribution is 0.619. The Hall–Kier alpha value is -3.54. The third-order valence-corrected chi connectivity index (χ3v) is 4.70. The summed E-state index contributed by atoms with van der Waals surface area (Å²) < 4.78 is 15.9. The van der Waals surface area contributed by atoms with Crippen molar-refractivity contribution in [1.82, 2.24) is 14.1 Å². The second-order valence-electron chi connectivity index (χ2n) is 6.74. The number of aryl methyl sites for hydroxylation is 1.